The van der Waals surface area contributed by atoms with Gasteiger partial charge < -0.3 is 19.2 Å². The van der Waals surface area contributed by atoms with Crippen LogP contribution in [-0.4, -0.2) is 18.6 Å². The highest BCUT2D eigenvalue weighted by molar-refractivity contribution is 6.33. The zero-order valence-corrected chi connectivity index (χ0v) is 19.9. The van der Waals surface area contributed by atoms with Crippen LogP contribution < -0.4 is 20.2 Å². The van der Waals surface area contributed by atoms with Crippen molar-refractivity contribution in [1.82, 2.24) is 0 Å². The van der Waals surface area contributed by atoms with Crippen molar-refractivity contribution in [2.24, 2.45) is 0 Å². The molecule has 174 valence electrons. The Labute approximate surface area is 206 Å². The number of fused-ring (bicyclic) bond motifs is 1. The number of rotatable bonds is 7. The van der Waals surface area contributed by atoms with E-state index in [1.807, 2.05) is 13.0 Å². The summed E-state index contributed by atoms with van der Waals surface area (Å²) in [6, 6.07) is 18.7. The van der Waals surface area contributed by atoms with Crippen LogP contribution in [0.2, 0.25) is 10.0 Å². The van der Waals surface area contributed by atoms with E-state index in [-0.39, 0.29) is 16.9 Å². The normalized spacial score (nSPS) is 11.8. The monoisotopic (exact) mass is 497 g/mol. The molecule has 0 saturated carbocycles. The minimum atomic E-state index is -1.05. The second-order valence-corrected chi connectivity index (χ2v) is 8.23. The van der Waals surface area contributed by atoms with Gasteiger partial charge in [-0.2, -0.15) is 0 Å². The molecular formula is C26H21Cl2NO5. The van der Waals surface area contributed by atoms with E-state index in [1.54, 1.807) is 54.6 Å². The number of anilines is 1. The minimum absolute atomic E-state index is 0.125. The van der Waals surface area contributed by atoms with Crippen LogP contribution in [0.1, 0.15) is 13.8 Å². The van der Waals surface area contributed by atoms with Crippen molar-refractivity contribution in [2.45, 2.75) is 20.0 Å². The van der Waals surface area contributed by atoms with Gasteiger partial charge in [0.15, 0.2) is 11.9 Å². The van der Waals surface area contributed by atoms with Gasteiger partial charge >= 0.3 is 0 Å². The van der Waals surface area contributed by atoms with E-state index in [0.717, 1.165) is 0 Å². The average molecular weight is 498 g/mol. The van der Waals surface area contributed by atoms with Gasteiger partial charge in [-0.3, -0.25) is 9.59 Å². The summed E-state index contributed by atoms with van der Waals surface area (Å²) in [4.78, 5) is 26.3. The Kier molecular flexibility index (Phi) is 7.10. The van der Waals surface area contributed by atoms with Crippen LogP contribution in [0.4, 0.5) is 5.69 Å². The van der Waals surface area contributed by atoms with Gasteiger partial charge in [0.2, 0.25) is 11.2 Å². The van der Waals surface area contributed by atoms with Crippen LogP contribution in [-0.2, 0) is 4.79 Å². The first-order chi connectivity index (χ1) is 16.4. The van der Waals surface area contributed by atoms with Gasteiger partial charge in [0, 0.05) is 10.6 Å². The fourth-order valence-electron chi connectivity index (χ4n) is 3.40. The lowest BCUT2D eigenvalue weighted by Crippen LogP contribution is -2.32. The third-order valence-corrected chi connectivity index (χ3v) is 5.60. The maximum absolute atomic E-state index is 13.4. The fourth-order valence-corrected chi connectivity index (χ4v) is 3.79. The number of hydrogen-bond donors (Lipinski definition) is 1. The van der Waals surface area contributed by atoms with E-state index in [0.29, 0.717) is 39.2 Å². The van der Waals surface area contributed by atoms with Gasteiger partial charge in [-0.1, -0.05) is 47.5 Å². The lowest BCUT2D eigenvalue weighted by molar-refractivity contribution is -0.122. The van der Waals surface area contributed by atoms with E-state index in [4.69, 9.17) is 37.1 Å². The summed E-state index contributed by atoms with van der Waals surface area (Å²) >= 11 is 12.5. The highest BCUT2D eigenvalue weighted by Gasteiger charge is 2.24. The first kappa shape index (κ1) is 23.7. The number of halogens is 2. The second-order valence-electron chi connectivity index (χ2n) is 7.39. The molecule has 1 atom stereocenters. The van der Waals surface area contributed by atoms with E-state index < -0.39 is 17.4 Å². The molecule has 8 heteroatoms. The van der Waals surface area contributed by atoms with Gasteiger partial charge in [-0.25, -0.2) is 0 Å². The molecule has 0 saturated heterocycles. The molecular weight excluding hydrogens is 477 g/mol. The smallest absolute Gasteiger partial charge is 0.265 e. The standard InChI is InChI=1S/C26H21Cl2NO5/c1-3-32-22-11-7-6-10-20(22)29-26(31)15(2)33-25-23(30)18-14-16(27)12-13-21(18)34-24(25)17-8-4-5-9-19(17)28/h4-15H,3H2,1-2H3,(H,29,31). The average Bonchev–Trinajstić information content (AvgIpc) is 2.83. The number of ether oxygens (including phenoxy) is 2. The SMILES string of the molecule is CCOc1ccccc1NC(=O)C(C)Oc1c(-c2ccccc2Cl)oc2ccc(Cl)cc2c1=O. The quantitative estimate of drug-likeness (QED) is 0.312. The second kappa shape index (κ2) is 10.2. The summed E-state index contributed by atoms with van der Waals surface area (Å²) < 4.78 is 17.5. The van der Waals surface area contributed by atoms with Crippen LogP contribution in [0.3, 0.4) is 0 Å². The topological polar surface area (TPSA) is 77.8 Å². The third kappa shape index (κ3) is 4.88. The highest BCUT2D eigenvalue weighted by Crippen LogP contribution is 2.36. The molecule has 0 fully saturated rings. The number of para-hydroxylation sites is 2. The first-order valence-corrected chi connectivity index (χ1v) is 11.3. The van der Waals surface area contributed by atoms with Gasteiger partial charge in [-0.05, 0) is 56.3 Å². The van der Waals surface area contributed by atoms with Gasteiger partial charge in [0.05, 0.1) is 22.7 Å². The zero-order chi connectivity index (χ0) is 24.2. The maximum Gasteiger partial charge on any atom is 0.265 e. The molecule has 0 aliphatic heterocycles. The predicted molar refractivity (Wildman–Crippen MR) is 134 cm³/mol. The largest absolute Gasteiger partial charge is 0.492 e. The number of amides is 1. The van der Waals surface area contributed by atoms with E-state index in [1.165, 1.54) is 13.0 Å². The minimum Gasteiger partial charge on any atom is -0.492 e. The summed E-state index contributed by atoms with van der Waals surface area (Å²) in [5, 5.41) is 3.75. The summed E-state index contributed by atoms with van der Waals surface area (Å²) in [5.41, 5.74) is 0.809. The molecule has 0 aliphatic carbocycles. The summed E-state index contributed by atoms with van der Waals surface area (Å²) in [5.74, 6) is 0.0495. The molecule has 0 bridgehead atoms. The Morgan fingerprint density at radius 1 is 1.06 bits per heavy atom. The lowest BCUT2D eigenvalue weighted by Gasteiger charge is -2.18. The van der Waals surface area contributed by atoms with Crippen molar-refractivity contribution >= 4 is 45.8 Å². The van der Waals surface area contributed by atoms with Crippen LogP contribution in [0.25, 0.3) is 22.3 Å². The Bertz CT molecular complexity index is 1420. The van der Waals surface area contributed by atoms with Crippen LogP contribution in [0.5, 0.6) is 11.5 Å². The first-order valence-electron chi connectivity index (χ1n) is 10.6. The molecule has 1 unspecified atom stereocenters. The van der Waals surface area contributed by atoms with Crippen molar-refractivity contribution < 1.29 is 18.7 Å². The molecule has 1 heterocycles. The van der Waals surface area contributed by atoms with Crippen LogP contribution >= 0.6 is 23.2 Å². The van der Waals surface area contributed by atoms with Gasteiger partial charge in [0.1, 0.15) is 11.3 Å². The molecule has 0 aliphatic rings. The molecule has 1 amide bonds. The van der Waals surface area contributed by atoms with E-state index in [9.17, 15) is 9.59 Å². The van der Waals surface area contributed by atoms with Crippen molar-refractivity contribution in [3.8, 4) is 22.8 Å². The molecule has 6 nitrogen and oxygen atoms in total. The maximum atomic E-state index is 13.4. The van der Waals surface area contributed by atoms with E-state index >= 15 is 0 Å². The van der Waals surface area contributed by atoms with Crippen molar-refractivity contribution in [3.63, 3.8) is 0 Å². The molecule has 4 rings (SSSR count). The lowest BCUT2D eigenvalue weighted by atomic mass is 10.1. The number of carbonyl (C=O) groups excluding carboxylic acids is 1. The Hall–Kier alpha value is -3.48. The Balaban J connectivity index is 1.74. The molecule has 0 radical (unpaired) electrons. The van der Waals surface area contributed by atoms with Gasteiger partial charge in [-0.15, -0.1) is 0 Å². The molecule has 4 aromatic rings. The summed E-state index contributed by atoms with van der Waals surface area (Å²) in [6.45, 7) is 3.84. The number of hydrogen-bond acceptors (Lipinski definition) is 5. The van der Waals surface area contributed by atoms with Crippen molar-refractivity contribution in [2.75, 3.05) is 11.9 Å². The zero-order valence-electron chi connectivity index (χ0n) is 18.4. The van der Waals surface area contributed by atoms with Crippen molar-refractivity contribution in [3.05, 3.63) is 87.0 Å². The number of nitrogens with one attached hydrogen (secondary N) is 1. The molecule has 34 heavy (non-hydrogen) atoms. The highest BCUT2D eigenvalue weighted by atomic mass is 35.5. The number of benzene rings is 3. The van der Waals surface area contributed by atoms with E-state index in [2.05, 4.69) is 5.32 Å². The molecule has 1 aromatic heterocycles. The molecule has 1 N–H and O–H groups in total. The van der Waals surface area contributed by atoms with Crippen LogP contribution in [0, 0.1) is 0 Å². The number of carbonyl (C=O) groups is 1. The predicted octanol–water partition coefficient (Wildman–Crippen LogP) is 6.57. The third-order valence-electron chi connectivity index (χ3n) is 5.04. The summed E-state index contributed by atoms with van der Waals surface area (Å²) in [6.07, 6.45) is -1.05. The Morgan fingerprint density at radius 3 is 2.56 bits per heavy atom. The fraction of sp³-hybridized carbons (Fsp3) is 0.154. The Morgan fingerprint density at radius 2 is 1.79 bits per heavy atom. The van der Waals surface area contributed by atoms with Crippen LogP contribution in [0.15, 0.2) is 75.9 Å². The van der Waals surface area contributed by atoms with Gasteiger partial charge in [0.25, 0.3) is 5.91 Å². The van der Waals surface area contributed by atoms with Crippen molar-refractivity contribution in [1.29, 1.82) is 0 Å². The summed E-state index contributed by atoms with van der Waals surface area (Å²) in [7, 11) is 0. The molecule has 0 spiro atoms. The molecule has 3 aromatic carbocycles.